The zero-order valence-corrected chi connectivity index (χ0v) is 11.0. The number of amides is 1. The minimum atomic E-state index is -1.31. The largest absolute Gasteiger partial charge is 0.323 e. The molecule has 1 unspecified atom stereocenters. The van der Waals surface area contributed by atoms with E-state index in [1.165, 1.54) is 0 Å². The summed E-state index contributed by atoms with van der Waals surface area (Å²) in [5, 5.41) is 5.46. The van der Waals surface area contributed by atoms with Gasteiger partial charge in [-0.05, 0) is 38.3 Å². The molecule has 1 heterocycles. The van der Waals surface area contributed by atoms with E-state index in [9.17, 15) is 18.0 Å². The van der Waals surface area contributed by atoms with Crippen LogP contribution in [0.1, 0.15) is 25.7 Å². The lowest BCUT2D eigenvalue weighted by Crippen LogP contribution is -2.30. The molecule has 0 bridgehead atoms. The average molecular weight is 286 g/mol. The Kier molecular flexibility index (Phi) is 5.00. The molecule has 2 N–H and O–H groups in total. The van der Waals surface area contributed by atoms with E-state index in [0.29, 0.717) is 18.4 Å². The van der Waals surface area contributed by atoms with Gasteiger partial charge >= 0.3 is 0 Å². The Labute approximate surface area is 115 Å². The first-order valence-corrected chi connectivity index (χ1v) is 6.71. The van der Waals surface area contributed by atoms with Crippen LogP contribution in [0.5, 0.6) is 0 Å². The summed E-state index contributed by atoms with van der Waals surface area (Å²) in [5.41, 5.74) is -0.450. The van der Waals surface area contributed by atoms with Crippen molar-refractivity contribution in [2.24, 2.45) is 5.92 Å². The number of hydrogen-bond donors (Lipinski definition) is 2. The topological polar surface area (TPSA) is 41.1 Å². The van der Waals surface area contributed by atoms with Crippen molar-refractivity contribution in [1.29, 1.82) is 0 Å². The van der Waals surface area contributed by atoms with Crippen molar-refractivity contribution < 1.29 is 18.0 Å². The number of carbonyl (C=O) groups is 1. The normalized spacial score (nSPS) is 18.9. The molecule has 6 heteroatoms. The van der Waals surface area contributed by atoms with E-state index < -0.39 is 29.0 Å². The highest BCUT2D eigenvalue weighted by atomic mass is 19.2. The van der Waals surface area contributed by atoms with Gasteiger partial charge in [-0.3, -0.25) is 4.79 Å². The second-order valence-electron chi connectivity index (χ2n) is 5.05. The zero-order chi connectivity index (χ0) is 14.5. The van der Waals surface area contributed by atoms with Crippen molar-refractivity contribution in [3.63, 3.8) is 0 Å². The molecule has 110 valence electrons. The van der Waals surface area contributed by atoms with Gasteiger partial charge in [0.15, 0.2) is 11.6 Å². The van der Waals surface area contributed by atoms with Crippen LogP contribution in [0.4, 0.5) is 18.9 Å². The van der Waals surface area contributed by atoms with Gasteiger partial charge < -0.3 is 10.6 Å². The maximum Gasteiger partial charge on any atom is 0.224 e. The van der Waals surface area contributed by atoms with E-state index in [2.05, 4.69) is 10.6 Å². The van der Waals surface area contributed by atoms with Crippen molar-refractivity contribution in [2.45, 2.75) is 25.7 Å². The van der Waals surface area contributed by atoms with Gasteiger partial charge in [-0.1, -0.05) is 0 Å². The monoisotopic (exact) mass is 286 g/mol. The third kappa shape index (κ3) is 3.96. The molecule has 1 aliphatic rings. The fourth-order valence-electron chi connectivity index (χ4n) is 2.37. The first kappa shape index (κ1) is 14.8. The number of halogens is 3. The molecule has 1 fully saturated rings. The predicted molar refractivity (Wildman–Crippen MR) is 69.8 cm³/mol. The second kappa shape index (κ2) is 6.74. The summed E-state index contributed by atoms with van der Waals surface area (Å²) in [6.45, 7) is 1.87. The molecule has 1 aromatic rings. The van der Waals surface area contributed by atoms with Gasteiger partial charge in [0.25, 0.3) is 0 Å². The summed E-state index contributed by atoms with van der Waals surface area (Å²) >= 11 is 0. The van der Waals surface area contributed by atoms with E-state index in [4.69, 9.17) is 0 Å². The smallest absolute Gasteiger partial charge is 0.224 e. The van der Waals surface area contributed by atoms with Crippen LogP contribution in [-0.4, -0.2) is 19.0 Å². The number of anilines is 1. The number of benzene rings is 1. The highest BCUT2D eigenvalue weighted by Gasteiger charge is 2.16. The molecule has 1 aromatic carbocycles. The fourth-order valence-corrected chi connectivity index (χ4v) is 2.37. The van der Waals surface area contributed by atoms with Crippen molar-refractivity contribution >= 4 is 11.6 Å². The number of hydrogen-bond acceptors (Lipinski definition) is 2. The third-order valence-corrected chi connectivity index (χ3v) is 3.45. The number of carbonyl (C=O) groups excluding carboxylic acids is 1. The summed E-state index contributed by atoms with van der Waals surface area (Å²) < 4.78 is 39.3. The van der Waals surface area contributed by atoms with Gasteiger partial charge in [-0.25, -0.2) is 13.2 Å². The second-order valence-corrected chi connectivity index (χ2v) is 5.05. The Hall–Kier alpha value is -1.56. The molecular formula is C14H17F3N2O. The van der Waals surface area contributed by atoms with E-state index in [-0.39, 0.29) is 6.42 Å². The molecule has 0 saturated carbocycles. The first-order chi connectivity index (χ1) is 9.56. The van der Waals surface area contributed by atoms with Crippen LogP contribution >= 0.6 is 0 Å². The molecule has 1 saturated heterocycles. The molecule has 0 radical (unpaired) electrons. The lowest BCUT2D eigenvalue weighted by molar-refractivity contribution is -0.116. The van der Waals surface area contributed by atoms with Crippen molar-refractivity contribution in [3.05, 3.63) is 29.6 Å². The maximum absolute atomic E-state index is 13.4. The quantitative estimate of drug-likeness (QED) is 0.836. The predicted octanol–water partition coefficient (Wildman–Crippen LogP) is 2.82. The minimum absolute atomic E-state index is 0.212. The van der Waals surface area contributed by atoms with Crippen LogP contribution in [-0.2, 0) is 4.79 Å². The van der Waals surface area contributed by atoms with Crippen LogP contribution in [0.25, 0.3) is 0 Å². The molecule has 0 aliphatic carbocycles. The molecule has 20 heavy (non-hydrogen) atoms. The standard InChI is InChI=1S/C14H17F3N2O/c15-10-6-11(16)14(17)12(7-10)19-13(20)4-3-9-2-1-5-18-8-9/h6-7,9,18H,1-5,8H2,(H,19,20). The van der Waals surface area contributed by atoms with Crippen LogP contribution in [0.2, 0.25) is 0 Å². The van der Waals surface area contributed by atoms with Gasteiger partial charge in [0.1, 0.15) is 5.82 Å². The number of rotatable bonds is 4. The number of piperidine rings is 1. The van der Waals surface area contributed by atoms with Crippen LogP contribution in [0.3, 0.4) is 0 Å². The molecule has 0 spiro atoms. The molecule has 3 nitrogen and oxygen atoms in total. The van der Waals surface area contributed by atoms with Crippen LogP contribution in [0.15, 0.2) is 12.1 Å². The Morgan fingerprint density at radius 3 is 2.85 bits per heavy atom. The van der Waals surface area contributed by atoms with Gasteiger partial charge in [-0.15, -0.1) is 0 Å². The van der Waals surface area contributed by atoms with Gasteiger partial charge in [0.2, 0.25) is 5.91 Å². The average Bonchev–Trinajstić information content (AvgIpc) is 2.43. The number of nitrogens with one attached hydrogen (secondary N) is 2. The van der Waals surface area contributed by atoms with Crippen molar-refractivity contribution in [1.82, 2.24) is 5.32 Å². The zero-order valence-electron chi connectivity index (χ0n) is 11.0. The fraction of sp³-hybridized carbons (Fsp3) is 0.500. The molecule has 0 aromatic heterocycles. The van der Waals surface area contributed by atoms with Gasteiger partial charge in [-0.2, -0.15) is 0 Å². The highest BCUT2D eigenvalue weighted by Crippen LogP contribution is 2.20. The van der Waals surface area contributed by atoms with E-state index in [1.807, 2.05) is 0 Å². The van der Waals surface area contributed by atoms with E-state index in [0.717, 1.165) is 32.0 Å². The summed E-state index contributed by atoms with van der Waals surface area (Å²) in [6, 6.07) is 1.22. The SMILES string of the molecule is O=C(CCC1CCCNC1)Nc1cc(F)cc(F)c1F. The Bertz CT molecular complexity index is 488. The van der Waals surface area contributed by atoms with E-state index in [1.54, 1.807) is 0 Å². The first-order valence-electron chi connectivity index (χ1n) is 6.71. The van der Waals surface area contributed by atoms with Gasteiger partial charge in [0, 0.05) is 18.6 Å². The molecule has 1 aliphatic heterocycles. The molecular weight excluding hydrogens is 269 g/mol. The molecule has 2 rings (SSSR count). The summed E-state index contributed by atoms with van der Waals surface area (Å²) in [7, 11) is 0. The molecule has 1 atom stereocenters. The Morgan fingerprint density at radius 1 is 1.35 bits per heavy atom. The Morgan fingerprint density at radius 2 is 2.15 bits per heavy atom. The van der Waals surface area contributed by atoms with Crippen LogP contribution < -0.4 is 10.6 Å². The minimum Gasteiger partial charge on any atom is -0.323 e. The lowest BCUT2D eigenvalue weighted by atomic mass is 9.94. The maximum atomic E-state index is 13.4. The van der Waals surface area contributed by atoms with Crippen molar-refractivity contribution in [3.8, 4) is 0 Å². The Balaban J connectivity index is 1.88. The molecule has 1 amide bonds. The van der Waals surface area contributed by atoms with Gasteiger partial charge in [0.05, 0.1) is 5.69 Å². The summed E-state index contributed by atoms with van der Waals surface area (Å²) in [6.07, 6.45) is 3.03. The van der Waals surface area contributed by atoms with Crippen LogP contribution in [0, 0.1) is 23.4 Å². The highest BCUT2D eigenvalue weighted by molar-refractivity contribution is 5.90. The lowest BCUT2D eigenvalue weighted by Gasteiger charge is -2.22. The summed E-state index contributed by atoms with van der Waals surface area (Å²) in [4.78, 5) is 11.7. The summed E-state index contributed by atoms with van der Waals surface area (Å²) in [5.74, 6) is -3.48. The third-order valence-electron chi connectivity index (χ3n) is 3.45. The van der Waals surface area contributed by atoms with Crippen molar-refractivity contribution in [2.75, 3.05) is 18.4 Å². The van der Waals surface area contributed by atoms with E-state index >= 15 is 0 Å².